The molecule has 0 radical (unpaired) electrons. The quantitative estimate of drug-likeness (QED) is 0.155. The van der Waals surface area contributed by atoms with Crippen LogP contribution in [0.2, 0.25) is 0 Å². The summed E-state index contributed by atoms with van der Waals surface area (Å²) in [6.07, 6.45) is 3.76. The first-order valence-electron chi connectivity index (χ1n) is 20.5. The maximum Gasteiger partial charge on any atom is 0.134 e. The summed E-state index contributed by atoms with van der Waals surface area (Å²) in [5.41, 5.74) is 14.6. The van der Waals surface area contributed by atoms with Gasteiger partial charge in [0.05, 0.1) is 0 Å². The summed E-state index contributed by atoms with van der Waals surface area (Å²) in [4.78, 5) is 14.2. The van der Waals surface area contributed by atoms with Gasteiger partial charge in [-0.05, 0) is 69.8 Å². The molecule has 0 spiro atoms. The van der Waals surface area contributed by atoms with E-state index in [0.29, 0.717) is 11.6 Å². The molecule has 7 heteroatoms. The Labute approximate surface area is 371 Å². The maximum atomic E-state index is 6.54. The predicted octanol–water partition coefficient (Wildman–Crippen LogP) is 13.6. The van der Waals surface area contributed by atoms with E-state index in [-0.39, 0.29) is 31.9 Å². The number of anilines is 4. The number of ether oxygens (including phenoxy) is 1. The van der Waals surface area contributed by atoms with E-state index in [9.17, 15) is 0 Å². The van der Waals surface area contributed by atoms with Crippen LogP contribution in [-0.2, 0) is 31.9 Å². The topological polar surface area (TPSA) is 46.4 Å². The van der Waals surface area contributed by atoms with Crippen molar-refractivity contribution in [2.24, 2.45) is 0 Å². The molecule has 3 aromatic heterocycles. The normalized spacial score (nSPS) is 13.9. The first-order valence-corrected chi connectivity index (χ1v) is 20.5. The van der Waals surface area contributed by atoms with E-state index in [1.54, 1.807) is 0 Å². The first kappa shape index (κ1) is 38.7. The van der Waals surface area contributed by atoms with Gasteiger partial charge in [-0.1, -0.05) is 137 Å². The molecule has 302 valence electrons. The van der Waals surface area contributed by atoms with Gasteiger partial charge >= 0.3 is 0 Å². The van der Waals surface area contributed by atoms with Gasteiger partial charge in [0, 0.05) is 72.1 Å². The number of nitrogens with zero attached hydrogens (tertiary/aromatic N) is 5. The summed E-state index contributed by atoms with van der Waals surface area (Å²) in [5.74, 6) is 1.72. The third-order valence-corrected chi connectivity index (χ3v) is 12.2. The second-order valence-electron chi connectivity index (χ2n) is 17.2. The zero-order valence-electron chi connectivity index (χ0n) is 34.5. The molecule has 0 N–H and O–H groups in total. The van der Waals surface area contributed by atoms with Crippen LogP contribution in [-0.4, -0.2) is 14.5 Å². The third kappa shape index (κ3) is 6.27. The Balaban J connectivity index is 0.00000445. The summed E-state index contributed by atoms with van der Waals surface area (Å²) >= 11 is 0. The van der Waals surface area contributed by atoms with Crippen molar-refractivity contribution in [3.63, 3.8) is 0 Å². The minimum absolute atomic E-state index is 0. The number of rotatable bonds is 6. The molecule has 0 atom stereocenters. The van der Waals surface area contributed by atoms with E-state index in [1.807, 2.05) is 24.5 Å². The van der Waals surface area contributed by atoms with Crippen LogP contribution < -0.4 is 14.5 Å². The Morgan fingerprint density at radius 3 is 2.21 bits per heavy atom. The number of pyridine rings is 2. The van der Waals surface area contributed by atoms with Gasteiger partial charge in [-0.2, -0.15) is 12.1 Å². The van der Waals surface area contributed by atoms with Crippen LogP contribution in [0.5, 0.6) is 11.6 Å². The molecule has 0 saturated carbocycles. The van der Waals surface area contributed by atoms with Gasteiger partial charge in [-0.25, -0.2) is 4.98 Å². The molecule has 0 amide bonds. The minimum Gasteiger partial charge on any atom is -0.493 e. The van der Waals surface area contributed by atoms with Crippen molar-refractivity contribution >= 4 is 44.6 Å². The van der Waals surface area contributed by atoms with Crippen molar-refractivity contribution in [2.75, 3.05) is 9.80 Å². The first-order chi connectivity index (χ1) is 29.1. The van der Waals surface area contributed by atoms with Crippen molar-refractivity contribution in [3.05, 3.63) is 193 Å². The molecule has 6 aromatic carbocycles. The van der Waals surface area contributed by atoms with Gasteiger partial charge < -0.3 is 19.1 Å². The summed E-state index contributed by atoms with van der Waals surface area (Å²) in [7, 11) is 0. The van der Waals surface area contributed by atoms with Gasteiger partial charge in [0.25, 0.3) is 0 Å². The molecule has 0 saturated heterocycles. The molecule has 1 aliphatic heterocycles. The number of fused-ring (bicyclic) bond motifs is 7. The predicted molar refractivity (Wildman–Crippen MR) is 244 cm³/mol. The average Bonchev–Trinajstić information content (AvgIpc) is 3.89. The smallest absolute Gasteiger partial charge is 0.134 e. The van der Waals surface area contributed by atoms with E-state index in [2.05, 4.69) is 201 Å². The van der Waals surface area contributed by atoms with E-state index >= 15 is 0 Å². The van der Waals surface area contributed by atoms with Crippen molar-refractivity contribution in [2.45, 2.75) is 45.4 Å². The molecule has 6 nitrogen and oxygen atoms in total. The fourth-order valence-electron chi connectivity index (χ4n) is 9.17. The number of hydrogen-bond acceptors (Lipinski definition) is 5. The Bertz CT molecular complexity index is 3150. The van der Waals surface area contributed by atoms with Crippen LogP contribution in [0.4, 0.5) is 22.7 Å². The van der Waals surface area contributed by atoms with Crippen molar-refractivity contribution < 1.29 is 25.8 Å². The molecule has 9 aromatic rings. The van der Waals surface area contributed by atoms with Gasteiger partial charge in [-0.15, -0.1) is 41.5 Å². The average molecular weight is 972 g/mol. The number of aromatic nitrogens is 3. The zero-order valence-corrected chi connectivity index (χ0v) is 36.8. The summed E-state index contributed by atoms with van der Waals surface area (Å²) < 4.78 is 8.70. The van der Waals surface area contributed by atoms with E-state index in [0.717, 1.165) is 50.4 Å². The molecule has 61 heavy (non-hydrogen) atoms. The SMILES string of the molecule is CC(C)(C)c1ccnc(-n2c3[c-]c(Oc4[c-]c(N5[CH-]N(c6c(-c7ccccc7)ccc7c6-c6ccccc6C7(C)C)c6ccccc65)ccc4)ncc3c3ccccc32)c1.[Pt]. The summed E-state index contributed by atoms with van der Waals surface area (Å²) in [6, 6.07) is 58.5. The van der Waals surface area contributed by atoms with Gasteiger partial charge in [-0.3, -0.25) is 4.98 Å². The van der Waals surface area contributed by atoms with Crippen molar-refractivity contribution in [3.8, 4) is 39.7 Å². The fraction of sp³-hybridized carbons (Fsp3) is 0.130. The second-order valence-corrected chi connectivity index (χ2v) is 17.2. The van der Waals surface area contributed by atoms with Crippen molar-refractivity contribution in [1.29, 1.82) is 0 Å². The molecule has 2 aliphatic rings. The van der Waals surface area contributed by atoms with E-state index in [1.165, 1.54) is 38.9 Å². The van der Waals surface area contributed by atoms with Crippen LogP contribution in [0.3, 0.4) is 0 Å². The molecular formula is C54H42N5OPt-3. The molecular weight excluding hydrogens is 930 g/mol. The number of benzene rings is 6. The summed E-state index contributed by atoms with van der Waals surface area (Å²) in [6.45, 7) is 13.5. The number of hydrogen-bond donors (Lipinski definition) is 0. The largest absolute Gasteiger partial charge is 0.493 e. The van der Waals surface area contributed by atoms with Gasteiger partial charge in [0.1, 0.15) is 11.7 Å². The second kappa shape index (κ2) is 14.6. The minimum atomic E-state index is -0.149. The Morgan fingerprint density at radius 2 is 1.39 bits per heavy atom. The van der Waals surface area contributed by atoms with Gasteiger partial charge in [0.2, 0.25) is 0 Å². The molecule has 0 unspecified atom stereocenters. The molecule has 11 rings (SSSR count). The van der Waals surface area contributed by atoms with Crippen LogP contribution in [0.15, 0.2) is 158 Å². The number of para-hydroxylation sites is 3. The Hall–Kier alpha value is -6.49. The zero-order chi connectivity index (χ0) is 40.8. The van der Waals surface area contributed by atoms with E-state index in [4.69, 9.17) is 14.7 Å². The molecule has 0 fully saturated rings. The van der Waals surface area contributed by atoms with Crippen LogP contribution in [0, 0.1) is 18.8 Å². The monoisotopic (exact) mass is 971 g/mol. The third-order valence-electron chi connectivity index (χ3n) is 12.2. The maximum absolute atomic E-state index is 6.54. The van der Waals surface area contributed by atoms with Gasteiger partial charge in [0.15, 0.2) is 0 Å². The fourth-order valence-corrected chi connectivity index (χ4v) is 9.17. The van der Waals surface area contributed by atoms with Crippen LogP contribution >= 0.6 is 0 Å². The van der Waals surface area contributed by atoms with Crippen LogP contribution in [0.25, 0.3) is 49.9 Å². The van der Waals surface area contributed by atoms with Crippen LogP contribution in [0.1, 0.15) is 51.3 Å². The Kier molecular flexibility index (Phi) is 9.26. The molecule has 1 aliphatic carbocycles. The standard InChI is InChI=1S/C54H42N5O.Pt/c1-53(2,3)36-28-29-55-49(30-36)59-45-23-12-10-20-40(45)42-33-56-50(32-48(42)59)60-38-19-15-18-37(31-38)57-34-58(47-25-14-13-24-46(47)57)52-39(35-16-7-6-8-17-35)26-27-44-51(52)41-21-9-11-22-43(41)54(44,4)5;/h6-30,33-34H,1-5H3;/q-3;. The van der Waals surface area contributed by atoms with Crippen molar-refractivity contribution in [1.82, 2.24) is 14.5 Å². The molecule has 0 bridgehead atoms. The molecule has 4 heterocycles. The summed E-state index contributed by atoms with van der Waals surface area (Å²) in [5, 5.41) is 2.06. The Morgan fingerprint density at radius 1 is 0.656 bits per heavy atom. The van der Waals surface area contributed by atoms with E-state index < -0.39 is 0 Å².